The molecule has 0 aliphatic carbocycles. The number of hydrogen-bond donors (Lipinski definition) is 0. The van der Waals surface area contributed by atoms with Gasteiger partial charge in [0, 0.05) is 23.0 Å². The second kappa shape index (κ2) is 7.29. The van der Waals surface area contributed by atoms with E-state index in [0.29, 0.717) is 15.1 Å². The van der Waals surface area contributed by atoms with Gasteiger partial charge in [0.2, 0.25) is 0 Å². The summed E-state index contributed by atoms with van der Waals surface area (Å²) in [5.74, 6) is -0.212. The third kappa shape index (κ3) is 3.68. The van der Waals surface area contributed by atoms with Crippen LogP contribution in [0.2, 0.25) is 0 Å². The van der Waals surface area contributed by atoms with Crippen molar-refractivity contribution < 1.29 is 12.8 Å². The van der Waals surface area contributed by atoms with Gasteiger partial charge in [-0.05, 0) is 67.8 Å². The summed E-state index contributed by atoms with van der Waals surface area (Å²) in [5.41, 5.74) is 3.57. The number of aromatic nitrogens is 1. The molecule has 2 aromatic carbocycles. The standard InChI is InChI=1S/C20H18ClFN2O2S/c1-13-6-4-5-7-19(13)27(25,26)24(21)20-11-10-18(15(3)23-20)17-9-8-16(22)12-14(17)2/h4-12H,1-3H3. The predicted molar refractivity (Wildman–Crippen MR) is 106 cm³/mol. The van der Waals surface area contributed by atoms with Gasteiger partial charge in [0.05, 0.1) is 4.90 Å². The van der Waals surface area contributed by atoms with Crippen LogP contribution in [0.1, 0.15) is 16.8 Å². The first kappa shape index (κ1) is 19.3. The van der Waals surface area contributed by atoms with Crippen LogP contribution in [0.25, 0.3) is 11.1 Å². The van der Waals surface area contributed by atoms with Gasteiger partial charge in [-0.2, -0.15) is 12.2 Å². The molecule has 0 aliphatic heterocycles. The van der Waals surface area contributed by atoms with Crippen molar-refractivity contribution in [3.05, 3.63) is 77.2 Å². The number of aryl methyl sites for hydroxylation is 3. The third-order valence-corrected chi connectivity index (χ3v) is 6.65. The van der Waals surface area contributed by atoms with Crippen LogP contribution < -0.4 is 3.82 Å². The summed E-state index contributed by atoms with van der Waals surface area (Å²) < 4.78 is 39.7. The molecule has 0 aliphatic rings. The third-order valence-electron chi connectivity index (χ3n) is 4.31. The van der Waals surface area contributed by atoms with E-state index in [4.69, 9.17) is 11.8 Å². The van der Waals surface area contributed by atoms with Crippen LogP contribution in [0.4, 0.5) is 10.2 Å². The highest BCUT2D eigenvalue weighted by atomic mass is 35.5. The van der Waals surface area contributed by atoms with E-state index < -0.39 is 10.0 Å². The van der Waals surface area contributed by atoms with E-state index in [2.05, 4.69) is 4.98 Å². The molecular formula is C20H18ClFN2O2S. The Morgan fingerprint density at radius 1 is 0.926 bits per heavy atom. The molecule has 0 unspecified atom stereocenters. The smallest absolute Gasteiger partial charge is 0.233 e. The summed E-state index contributed by atoms with van der Waals surface area (Å²) in [6, 6.07) is 14.4. The van der Waals surface area contributed by atoms with Gasteiger partial charge < -0.3 is 0 Å². The summed E-state index contributed by atoms with van der Waals surface area (Å²) in [7, 11) is -3.94. The van der Waals surface area contributed by atoms with E-state index in [1.165, 1.54) is 24.3 Å². The lowest BCUT2D eigenvalue weighted by molar-refractivity contribution is 0.597. The molecule has 27 heavy (non-hydrogen) atoms. The Labute approximate surface area is 163 Å². The molecular weight excluding hydrogens is 387 g/mol. The van der Waals surface area contributed by atoms with Crippen LogP contribution >= 0.6 is 11.8 Å². The molecule has 7 heteroatoms. The molecule has 3 rings (SSSR count). The number of benzene rings is 2. The Kier molecular flexibility index (Phi) is 5.22. The fraction of sp³-hybridized carbons (Fsp3) is 0.150. The molecule has 140 valence electrons. The normalized spacial score (nSPS) is 11.4. The Morgan fingerprint density at radius 2 is 1.59 bits per heavy atom. The quantitative estimate of drug-likeness (QED) is 0.564. The van der Waals surface area contributed by atoms with E-state index in [1.807, 2.05) is 6.92 Å². The zero-order chi connectivity index (χ0) is 19.8. The van der Waals surface area contributed by atoms with Crippen molar-refractivity contribution >= 4 is 27.6 Å². The minimum atomic E-state index is -3.94. The summed E-state index contributed by atoms with van der Waals surface area (Å²) >= 11 is 6.16. The molecule has 1 heterocycles. The van der Waals surface area contributed by atoms with Crippen molar-refractivity contribution in [2.45, 2.75) is 25.7 Å². The molecule has 4 nitrogen and oxygen atoms in total. The molecule has 0 amide bonds. The summed E-state index contributed by atoms with van der Waals surface area (Å²) in [6.45, 7) is 5.27. The fourth-order valence-electron chi connectivity index (χ4n) is 2.91. The number of halogens is 2. The monoisotopic (exact) mass is 404 g/mol. The van der Waals surface area contributed by atoms with Crippen LogP contribution in [-0.2, 0) is 10.0 Å². The zero-order valence-corrected chi connectivity index (χ0v) is 16.6. The van der Waals surface area contributed by atoms with Gasteiger partial charge >= 0.3 is 0 Å². The van der Waals surface area contributed by atoms with Gasteiger partial charge in [0.15, 0.2) is 5.82 Å². The Bertz CT molecular complexity index is 1120. The molecule has 0 saturated heterocycles. The number of sulfonamides is 1. The first-order chi connectivity index (χ1) is 12.7. The lowest BCUT2D eigenvalue weighted by atomic mass is 9.99. The highest BCUT2D eigenvalue weighted by Crippen LogP contribution is 2.31. The van der Waals surface area contributed by atoms with Gasteiger partial charge in [-0.3, -0.25) is 0 Å². The first-order valence-corrected chi connectivity index (χ1v) is 10.0. The molecule has 0 N–H and O–H groups in total. The van der Waals surface area contributed by atoms with Crippen LogP contribution in [0.15, 0.2) is 59.5 Å². The zero-order valence-electron chi connectivity index (χ0n) is 15.1. The Hall–Kier alpha value is -2.44. The minimum absolute atomic E-state index is 0.0981. The highest BCUT2D eigenvalue weighted by molar-refractivity contribution is 7.94. The SMILES string of the molecule is Cc1cc(F)ccc1-c1ccc(N(Cl)S(=O)(=O)c2ccccc2C)nc1C. The maximum Gasteiger partial charge on any atom is 0.279 e. The number of rotatable bonds is 4. The topological polar surface area (TPSA) is 50.3 Å². The maximum atomic E-state index is 13.4. The fourth-order valence-corrected chi connectivity index (χ4v) is 4.48. The number of hydrogen-bond acceptors (Lipinski definition) is 3. The van der Waals surface area contributed by atoms with Crippen LogP contribution in [0.5, 0.6) is 0 Å². The first-order valence-electron chi connectivity index (χ1n) is 8.22. The molecule has 0 radical (unpaired) electrons. The predicted octanol–water partition coefficient (Wildman–Crippen LogP) is 5.16. The maximum absolute atomic E-state index is 13.4. The molecule has 0 spiro atoms. The van der Waals surface area contributed by atoms with Gasteiger partial charge in [-0.15, -0.1) is 0 Å². The van der Waals surface area contributed by atoms with Crippen molar-refractivity contribution in [3.8, 4) is 11.1 Å². The largest absolute Gasteiger partial charge is 0.279 e. The number of pyridine rings is 1. The Morgan fingerprint density at radius 3 is 2.22 bits per heavy atom. The van der Waals surface area contributed by atoms with Gasteiger partial charge in [-0.25, -0.2) is 9.37 Å². The lowest BCUT2D eigenvalue weighted by Gasteiger charge is -2.18. The van der Waals surface area contributed by atoms with Crippen molar-refractivity contribution in [3.63, 3.8) is 0 Å². The van der Waals surface area contributed by atoms with E-state index in [0.717, 1.165) is 16.7 Å². The molecule has 3 aromatic rings. The summed E-state index contributed by atoms with van der Waals surface area (Å²) in [5, 5.41) is 0. The minimum Gasteiger partial charge on any atom is -0.233 e. The second-order valence-corrected chi connectivity index (χ2v) is 8.54. The number of anilines is 1. The van der Waals surface area contributed by atoms with Gasteiger partial charge in [0.1, 0.15) is 5.82 Å². The van der Waals surface area contributed by atoms with Crippen molar-refractivity contribution in [2.24, 2.45) is 0 Å². The average Bonchev–Trinajstić information content (AvgIpc) is 2.62. The van der Waals surface area contributed by atoms with E-state index >= 15 is 0 Å². The lowest BCUT2D eigenvalue weighted by Crippen LogP contribution is -2.23. The molecule has 0 bridgehead atoms. The van der Waals surface area contributed by atoms with Crippen LogP contribution in [-0.4, -0.2) is 13.4 Å². The number of nitrogens with zero attached hydrogens (tertiary/aromatic N) is 2. The van der Waals surface area contributed by atoms with Crippen LogP contribution in [0.3, 0.4) is 0 Å². The van der Waals surface area contributed by atoms with Crippen molar-refractivity contribution in [1.29, 1.82) is 0 Å². The van der Waals surface area contributed by atoms with E-state index in [-0.39, 0.29) is 16.5 Å². The average molecular weight is 405 g/mol. The van der Waals surface area contributed by atoms with Gasteiger partial charge in [0.25, 0.3) is 10.0 Å². The molecule has 0 atom stereocenters. The molecule has 0 saturated carbocycles. The van der Waals surface area contributed by atoms with Gasteiger partial charge in [-0.1, -0.05) is 24.3 Å². The second-order valence-electron chi connectivity index (χ2n) is 6.25. The summed E-state index contributed by atoms with van der Waals surface area (Å²) in [6.07, 6.45) is 0. The Balaban J connectivity index is 2.01. The van der Waals surface area contributed by atoms with Crippen molar-refractivity contribution in [2.75, 3.05) is 3.82 Å². The van der Waals surface area contributed by atoms with Crippen molar-refractivity contribution in [1.82, 2.24) is 4.98 Å². The molecule has 1 aromatic heterocycles. The van der Waals surface area contributed by atoms with Crippen LogP contribution in [0, 0.1) is 26.6 Å². The van der Waals surface area contributed by atoms with E-state index in [1.54, 1.807) is 44.2 Å². The highest BCUT2D eigenvalue weighted by Gasteiger charge is 2.26. The summed E-state index contributed by atoms with van der Waals surface area (Å²) in [4.78, 5) is 4.48. The van der Waals surface area contributed by atoms with E-state index in [9.17, 15) is 12.8 Å². The molecule has 0 fully saturated rings.